The Morgan fingerprint density at radius 3 is 2.75 bits per heavy atom. The molecule has 0 aliphatic heterocycles. The fourth-order valence-electron chi connectivity index (χ4n) is 2.30. The summed E-state index contributed by atoms with van der Waals surface area (Å²) < 4.78 is 3.68. The van der Waals surface area contributed by atoms with Crippen LogP contribution in [-0.4, -0.2) is 21.5 Å². The largest absolute Gasteiger partial charge is 0.348 e. The third-order valence-corrected chi connectivity index (χ3v) is 4.88. The molecule has 0 saturated heterocycles. The number of hydrogen-bond donors (Lipinski definition) is 1. The Hall–Kier alpha value is -1.17. The lowest BCUT2D eigenvalue weighted by molar-refractivity contribution is 0.0913. The highest BCUT2D eigenvalue weighted by Crippen LogP contribution is 2.39. The zero-order valence-corrected chi connectivity index (χ0v) is 12.7. The highest BCUT2D eigenvalue weighted by atomic mass is 35.5. The SMILES string of the molecule is O=C(NC1CC(c2ccc(Cl)c(Cl)c2)C1)c1cnns1. The Morgan fingerprint density at radius 2 is 2.10 bits per heavy atom. The van der Waals surface area contributed by atoms with Gasteiger partial charge in [0.1, 0.15) is 4.88 Å². The quantitative estimate of drug-likeness (QED) is 0.938. The van der Waals surface area contributed by atoms with E-state index in [0.29, 0.717) is 20.8 Å². The van der Waals surface area contributed by atoms with Gasteiger partial charge in [-0.3, -0.25) is 4.79 Å². The Kier molecular flexibility index (Phi) is 3.92. The molecular formula is C13H11Cl2N3OS. The number of amides is 1. The van der Waals surface area contributed by atoms with Gasteiger partial charge in [0.15, 0.2) is 0 Å². The third kappa shape index (κ3) is 2.80. The fourth-order valence-corrected chi connectivity index (χ4v) is 3.02. The molecule has 0 bridgehead atoms. The van der Waals surface area contributed by atoms with E-state index in [1.807, 2.05) is 18.2 Å². The summed E-state index contributed by atoms with van der Waals surface area (Å²) in [4.78, 5) is 12.4. The van der Waals surface area contributed by atoms with Crippen molar-refractivity contribution >= 4 is 40.6 Å². The molecule has 0 atom stereocenters. The molecule has 1 aliphatic rings. The van der Waals surface area contributed by atoms with E-state index in [2.05, 4.69) is 14.9 Å². The van der Waals surface area contributed by atoms with E-state index < -0.39 is 0 Å². The molecule has 4 nitrogen and oxygen atoms in total. The number of rotatable bonds is 3. The molecule has 1 aromatic carbocycles. The molecule has 1 amide bonds. The lowest BCUT2D eigenvalue weighted by atomic mass is 9.76. The van der Waals surface area contributed by atoms with Gasteiger partial charge in [-0.2, -0.15) is 0 Å². The number of carbonyl (C=O) groups excluding carboxylic acids is 1. The minimum Gasteiger partial charge on any atom is -0.348 e. The molecule has 1 N–H and O–H groups in total. The Labute approximate surface area is 130 Å². The van der Waals surface area contributed by atoms with E-state index in [4.69, 9.17) is 23.2 Å². The summed E-state index contributed by atoms with van der Waals surface area (Å²) in [6.45, 7) is 0. The second-order valence-corrected chi connectivity index (χ2v) is 6.39. The van der Waals surface area contributed by atoms with Crippen molar-refractivity contribution in [2.45, 2.75) is 24.8 Å². The topological polar surface area (TPSA) is 54.9 Å². The molecule has 104 valence electrons. The summed E-state index contributed by atoms with van der Waals surface area (Å²) in [6.07, 6.45) is 3.31. The second-order valence-electron chi connectivity index (χ2n) is 4.79. The van der Waals surface area contributed by atoms with Crippen molar-refractivity contribution in [3.63, 3.8) is 0 Å². The zero-order chi connectivity index (χ0) is 14.1. The van der Waals surface area contributed by atoms with Crippen molar-refractivity contribution in [1.29, 1.82) is 0 Å². The van der Waals surface area contributed by atoms with Gasteiger partial charge < -0.3 is 5.32 Å². The standard InChI is InChI=1S/C13H11Cl2N3OS/c14-10-2-1-7(5-11(10)15)8-3-9(4-8)17-13(19)12-6-16-18-20-12/h1-2,5-6,8-9H,3-4H2,(H,17,19). The minimum atomic E-state index is -0.0995. The number of aromatic nitrogens is 2. The van der Waals surface area contributed by atoms with Gasteiger partial charge in [-0.25, -0.2) is 0 Å². The number of nitrogens with zero attached hydrogens (tertiary/aromatic N) is 2. The maximum Gasteiger partial charge on any atom is 0.264 e. The maximum absolute atomic E-state index is 11.8. The van der Waals surface area contributed by atoms with Crippen molar-refractivity contribution in [2.24, 2.45) is 0 Å². The maximum atomic E-state index is 11.8. The summed E-state index contributed by atoms with van der Waals surface area (Å²) >= 11 is 13.0. The number of carbonyl (C=O) groups is 1. The lowest BCUT2D eigenvalue weighted by Crippen LogP contribution is -2.43. The number of nitrogens with one attached hydrogen (secondary N) is 1. The van der Waals surface area contributed by atoms with Crippen molar-refractivity contribution in [3.8, 4) is 0 Å². The molecule has 0 radical (unpaired) electrons. The average molecular weight is 328 g/mol. The first-order chi connectivity index (χ1) is 9.63. The first kappa shape index (κ1) is 13.8. The van der Waals surface area contributed by atoms with Crippen LogP contribution < -0.4 is 5.32 Å². The van der Waals surface area contributed by atoms with Crippen LogP contribution in [0.2, 0.25) is 10.0 Å². The van der Waals surface area contributed by atoms with Crippen LogP contribution in [0.1, 0.15) is 34.0 Å². The van der Waals surface area contributed by atoms with Crippen LogP contribution in [0.5, 0.6) is 0 Å². The van der Waals surface area contributed by atoms with Crippen molar-refractivity contribution in [1.82, 2.24) is 14.9 Å². The van der Waals surface area contributed by atoms with Crippen LogP contribution in [0.4, 0.5) is 0 Å². The molecule has 1 saturated carbocycles. The molecule has 3 rings (SSSR count). The van der Waals surface area contributed by atoms with E-state index in [0.717, 1.165) is 24.4 Å². The molecule has 2 aromatic rings. The first-order valence-corrected chi connectivity index (χ1v) is 7.69. The third-order valence-electron chi connectivity index (χ3n) is 3.47. The minimum absolute atomic E-state index is 0.0995. The van der Waals surface area contributed by atoms with Crippen LogP contribution in [0.15, 0.2) is 24.4 Å². The predicted octanol–water partition coefficient (Wildman–Crippen LogP) is 3.52. The lowest BCUT2D eigenvalue weighted by Gasteiger charge is -2.36. The highest BCUT2D eigenvalue weighted by Gasteiger charge is 2.32. The number of halogens is 2. The van der Waals surface area contributed by atoms with Gasteiger partial charge >= 0.3 is 0 Å². The van der Waals surface area contributed by atoms with Crippen molar-refractivity contribution in [2.75, 3.05) is 0 Å². The summed E-state index contributed by atoms with van der Waals surface area (Å²) in [5, 5.41) is 7.78. The van der Waals surface area contributed by atoms with Crippen LogP contribution in [0, 0.1) is 0 Å². The molecular weight excluding hydrogens is 317 g/mol. The molecule has 1 aromatic heterocycles. The molecule has 1 aliphatic carbocycles. The van der Waals surface area contributed by atoms with Gasteiger partial charge in [-0.1, -0.05) is 33.8 Å². The van der Waals surface area contributed by atoms with E-state index in [1.54, 1.807) is 0 Å². The van der Waals surface area contributed by atoms with E-state index in [9.17, 15) is 4.79 Å². The van der Waals surface area contributed by atoms with Crippen LogP contribution >= 0.6 is 34.7 Å². The molecule has 1 heterocycles. The van der Waals surface area contributed by atoms with Crippen molar-refractivity contribution in [3.05, 3.63) is 44.9 Å². The summed E-state index contributed by atoms with van der Waals surface area (Å²) in [5.74, 6) is 0.326. The van der Waals surface area contributed by atoms with Crippen molar-refractivity contribution < 1.29 is 4.79 Å². The van der Waals surface area contributed by atoms with Crippen LogP contribution in [0.3, 0.4) is 0 Å². The van der Waals surface area contributed by atoms with Gasteiger partial charge in [0.25, 0.3) is 5.91 Å². The normalized spacial score (nSPS) is 21.3. The second kappa shape index (κ2) is 5.68. The fraction of sp³-hybridized carbons (Fsp3) is 0.308. The number of hydrogen-bond acceptors (Lipinski definition) is 4. The van der Waals surface area contributed by atoms with Crippen LogP contribution in [-0.2, 0) is 0 Å². The predicted molar refractivity (Wildman–Crippen MR) is 79.6 cm³/mol. The van der Waals surface area contributed by atoms with Gasteiger partial charge in [-0.15, -0.1) is 5.10 Å². The van der Waals surface area contributed by atoms with Gasteiger partial charge in [0, 0.05) is 6.04 Å². The first-order valence-electron chi connectivity index (χ1n) is 6.16. The molecule has 0 spiro atoms. The zero-order valence-electron chi connectivity index (χ0n) is 10.3. The Morgan fingerprint density at radius 1 is 1.30 bits per heavy atom. The Balaban J connectivity index is 1.56. The summed E-state index contributed by atoms with van der Waals surface area (Å²) in [6, 6.07) is 5.90. The molecule has 20 heavy (non-hydrogen) atoms. The average Bonchev–Trinajstić information content (AvgIpc) is 2.90. The van der Waals surface area contributed by atoms with Gasteiger partial charge in [0.05, 0.1) is 16.2 Å². The Bertz CT molecular complexity index is 627. The smallest absolute Gasteiger partial charge is 0.264 e. The number of benzene rings is 1. The summed E-state index contributed by atoms with van der Waals surface area (Å²) in [5.41, 5.74) is 1.17. The monoisotopic (exact) mass is 327 g/mol. The van der Waals surface area contributed by atoms with E-state index >= 15 is 0 Å². The van der Waals surface area contributed by atoms with E-state index in [1.165, 1.54) is 11.8 Å². The molecule has 7 heteroatoms. The highest BCUT2D eigenvalue weighted by molar-refractivity contribution is 7.07. The molecule has 1 fully saturated rings. The van der Waals surface area contributed by atoms with Gasteiger partial charge in [-0.05, 0) is 48.0 Å². The van der Waals surface area contributed by atoms with E-state index in [-0.39, 0.29) is 11.9 Å². The van der Waals surface area contributed by atoms with Crippen LogP contribution in [0.25, 0.3) is 0 Å². The summed E-state index contributed by atoms with van der Waals surface area (Å²) in [7, 11) is 0. The van der Waals surface area contributed by atoms with Gasteiger partial charge in [0.2, 0.25) is 0 Å². The molecule has 0 unspecified atom stereocenters.